The molecule has 8 nitrogen and oxygen atoms in total. The van der Waals surface area contributed by atoms with Gasteiger partial charge in [0.2, 0.25) is 5.92 Å². The fraction of sp³-hybridized carbons (Fsp3) is 0.524. The molecule has 0 bridgehead atoms. The Kier molecular flexibility index (Phi) is 6.66. The van der Waals surface area contributed by atoms with Crippen molar-refractivity contribution in [2.75, 3.05) is 0 Å². The first kappa shape index (κ1) is 22.4. The molecule has 2 rings (SSSR count). The van der Waals surface area contributed by atoms with Crippen LogP contribution in [0.5, 0.6) is 0 Å². The number of rotatable bonds is 6. The van der Waals surface area contributed by atoms with Gasteiger partial charge in [-0.05, 0) is 39.2 Å². The van der Waals surface area contributed by atoms with Crippen LogP contribution in [0.3, 0.4) is 0 Å². The Hall–Kier alpha value is -2.90. The number of Topliss-reactive ketones (excluding diaryl/α,β-unsaturated/α-hetero) is 1. The molecule has 1 N–H and O–H groups in total. The van der Waals surface area contributed by atoms with E-state index in [2.05, 4.69) is 5.32 Å². The van der Waals surface area contributed by atoms with Gasteiger partial charge in [-0.25, -0.2) is 4.79 Å². The van der Waals surface area contributed by atoms with Gasteiger partial charge in [-0.15, -0.1) is 0 Å². The third kappa shape index (κ3) is 6.58. The molecule has 0 aromatic heterocycles. The highest BCUT2D eigenvalue weighted by Crippen LogP contribution is 2.25. The predicted octanol–water partition coefficient (Wildman–Crippen LogP) is 2.53. The second-order valence-corrected chi connectivity index (χ2v) is 8.30. The zero-order chi connectivity index (χ0) is 21.8. The van der Waals surface area contributed by atoms with Crippen molar-refractivity contribution in [2.24, 2.45) is 5.92 Å². The van der Waals surface area contributed by atoms with E-state index in [1.807, 2.05) is 30.3 Å². The van der Waals surface area contributed by atoms with Gasteiger partial charge in [-0.1, -0.05) is 30.3 Å². The molecule has 1 aromatic rings. The van der Waals surface area contributed by atoms with E-state index in [9.17, 15) is 19.2 Å². The summed E-state index contributed by atoms with van der Waals surface area (Å²) in [5.41, 5.74) is 0.162. The SMILES string of the molecule is CC(C)(C)OC(=O)NC(CCc1ccccc1)C(=O)C1C(=O)OC(C)(C)OC1=O. The van der Waals surface area contributed by atoms with Crippen molar-refractivity contribution in [3.05, 3.63) is 35.9 Å². The van der Waals surface area contributed by atoms with Crippen LogP contribution in [-0.4, -0.2) is 41.2 Å². The zero-order valence-corrected chi connectivity index (χ0v) is 17.3. The van der Waals surface area contributed by atoms with E-state index in [-0.39, 0.29) is 6.42 Å². The molecule has 158 valence electrons. The maximum Gasteiger partial charge on any atom is 0.408 e. The van der Waals surface area contributed by atoms with Crippen LogP contribution in [-0.2, 0) is 35.0 Å². The molecule has 1 saturated heterocycles. The van der Waals surface area contributed by atoms with E-state index in [0.717, 1.165) is 5.56 Å². The van der Waals surface area contributed by atoms with Crippen LogP contribution in [0.25, 0.3) is 0 Å². The summed E-state index contributed by atoms with van der Waals surface area (Å²) in [6.45, 7) is 7.85. The highest BCUT2D eigenvalue weighted by Gasteiger charge is 2.49. The Morgan fingerprint density at radius 3 is 2.17 bits per heavy atom. The molecule has 1 fully saturated rings. The van der Waals surface area contributed by atoms with E-state index in [0.29, 0.717) is 6.42 Å². The summed E-state index contributed by atoms with van der Waals surface area (Å²) in [4.78, 5) is 49.7. The highest BCUT2D eigenvalue weighted by atomic mass is 16.7. The van der Waals surface area contributed by atoms with E-state index >= 15 is 0 Å². The molecule has 1 aliphatic heterocycles. The average molecular weight is 405 g/mol. The Morgan fingerprint density at radius 2 is 1.66 bits per heavy atom. The molecular formula is C21H27NO7. The number of carbonyl (C=O) groups excluding carboxylic acids is 4. The van der Waals surface area contributed by atoms with Gasteiger partial charge >= 0.3 is 18.0 Å². The summed E-state index contributed by atoms with van der Waals surface area (Å²) < 4.78 is 15.3. The van der Waals surface area contributed by atoms with Crippen LogP contribution in [0.4, 0.5) is 4.79 Å². The van der Waals surface area contributed by atoms with Crippen LogP contribution in [0.15, 0.2) is 30.3 Å². The normalized spacial score (nSPS) is 17.7. The molecule has 1 amide bonds. The van der Waals surface area contributed by atoms with Crippen molar-refractivity contribution in [3.8, 4) is 0 Å². The van der Waals surface area contributed by atoms with Gasteiger partial charge in [0.05, 0.1) is 6.04 Å². The maximum absolute atomic E-state index is 13.0. The molecule has 1 aliphatic rings. The van der Waals surface area contributed by atoms with E-state index < -0.39 is 47.2 Å². The second kappa shape index (κ2) is 8.63. The summed E-state index contributed by atoms with van der Waals surface area (Å²) in [6, 6.07) is 8.19. The first-order valence-corrected chi connectivity index (χ1v) is 9.41. The lowest BCUT2D eigenvalue weighted by atomic mass is 9.93. The summed E-state index contributed by atoms with van der Waals surface area (Å²) in [7, 11) is 0. The van der Waals surface area contributed by atoms with Gasteiger partial charge < -0.3 is 19.5 Å². The molecule has 8 heteroatoms. The number of alkyl carbamates (subject to hydrolysis) is 1. The minimum Gasteiger partial charge on any atom is -0.444 e. The first-order valence-electron chi connectivity index (χ1n) is 9.41. The van der Waals surface area contributed by atoms with Crippen molar-refractivity contribution in [3.63, 3.8) is 0 Å². The Bertz CT molecular complexity index is 760. The van der Waals surface area contributed by atoms with Gasteiger partial charge in [0.25, 0.3) is 5.79 Å². The largest absolute Gasteiger partial charge is 0.444 e. The monoisotopic (exact) mass is 405 g/mol. The molecule has 0 saturated carbocycles. The first-order chi connectivity index (χ1) is 13.4. The van der Waals surface area contributed by atoms with E-state index in [1.165, 1.54) is 13.8 Å². The Morgan fingerprint density at radius 1 is 1.10 bits per heavy atom. The summed E-state index contributed by atoms with van der Waals surface area (Å²) >= 11 is 0. The zero-order valence-electron chi connectivity index (χ0n) is 17.3. The molecule has 0 aliphatic carbocycles. The molecule has 29 heavy (non-hydrogen) atoms. The number of carbonyl (C=O) groups is 4. The molecule has 1 atom stereocenters. The fourth-order valence-electron chi connectivity index (χ4n) is 2.84. The minimum atomic E-state index is -1.75. The number of ketones is 1. The van der Waals surface area contributed by atoms with Crippen LogP contribution in [0.2, 0.25) is 0 Å². The summed E-state index contributed by atoms with van der Waals surface area (Å²) in [5.74, 6) is -5.97. The Balaban J connectivity index is 2.18. The standard InChI is InChI=1S/C21H27NO7/c1-20(2,3)29-19(26)22-14(12-11-13-9-7-6-8-10-13)16(23)15-17(24)27-21(4,5)28-18(15)25/h6-10,14-15H,11-12H2,1-5H3,(H,22,26). The number of ether oxygens (including phenoxy) is 3. The van der Waals surface area contributed by atoms with Crippen LogP contribution < -0.4 is 5.32 Å². The molecule has 1 aromatic carbocycles. The van der Waals surface area contributed by atoms with Gasteiger partial charge in [0.1, 0.15) is 5.60 Å². The van der Waals surface area contributed by atoms with E-state index in [4.69, 9.17) is 14.2 Å². The van der Waals surface area contributed by atoms with Gasteiger partial charge in [-0.3, -0.25) is 14.4 Å². The lowest BCUT2D eigenvalue weighted by Crippen LogP contribution is -2.54. The van der Waals surface area contributed by atoms with Crippen molar-refractivity contribution in [2.45, 2.75) is 64.9 Å². The van der Waals surface area contributed by atoms with Crippen molar-refractivity contribution in [1.29, 1.82) is 0 Å². The van der Waals surface area contributed by atoms with Crippen LogP contribution in [0.1, 0.15) is 46.6 Å². The van der Waals surface area contributed by atoms with Gasteiger partial charge in [-0.2, -0.15) is 0 Å². The number of aryl methyl sites for hydroxylation is 1. The minimum absolute atomic E-state index is 0.169. The van der Waals surface area contributed by atoms with E-state index in [1.54, 1.807) is 20.8 Å². The topological polar surface area (TPSA) is 108 Å². The predicted molar refractivity (Wildman–Crippen MR) is 103 cm³/mol. The van der Waals surface area contributed by atoms with Crippen molar-refractivity contribution < 1.29 is 33.4 Å². The maximum atomic E-state index is 13.0. The number of hydrogen-bond acceptors (Lipinski definition) is 7. The van der Waals surface area contributed by atoms with Crippen molar-refractivity contribution >= 4 is 23.8 Å². The number of nitrogens with one attached hydrogen (secondary N) is 1. The fourth-order valence-corrected chi connectivity index (χ4v) is 2.84. The number of esters is 2. The summed E-state index contributed by atoms with van der Waals surface area (Å²) in [6.07, 6.45) is -0.209. The van der Waals surface area contributed by atoms with Crippen LogP contribution >= 0.6 is 0 Å². The number of cyclic esters (lactones) is 2. The molecule has 0 spiro atoms. The number of amides is 1. The second-order valence-electron chi connectivity index (χ2n) is 8.30. The molecule has 0 radical (unpaired) electrons. The third-order valence-corrected chi connectivity index (χ3v) is 4.05. The molecule has 1 heterocycles. The van der Waals surface area contributed by atoms with Gasteiger partial charge in [0, 0.05) is 13.8 Å². The molecule has 1 unspecified atom stereocenters. The smallest absolute Gasteiger partial charge is 0.408 e. The number of hydrogen-bond donors (Lipinski definition) is 1. The lowest BCUT2D eigenvalue weighted by molar-refractivity contribution is -0.238. The quantitative estimate of drug-likeness (QED) is 0.572. The summed E-state index contributed by atoms with van der Waals surface area (Å²) in [5, 5.41) is 2.48. The Labute approximate surface area is 169 Å². The van der Waals surface area contributed by atoms with Gasteiger partial charge in [0.15, 0.2) is 5.78 Å². The highest BCUT2D eigenvalue weighted by molar-refractivity contribution is 6.17. The van der Waals surface area contributed by atoms with Crippen molar-refractivity contribution in [1.82, 2.24) is 5.32 Å². The number of benzene rings is 1. The molecular weight excluding hydrogens is 378 g/mol. The third-order valence-electron chi connectivity index (χ3n) is 4.05. The van der Waals surface area contributed by atoms with Crippen LogP contribution in [0, 0.1) is 5.92 Å². The lowest BCUT2D eigenvalue weighted by Gasteiger charge is -2.33. The average Bonchev–Trinajstić information content (AvgIpc) is 2.56.